The third kappa shape index (κ3) is 4.59. The Morgan fingerprint density at radius 1 is 1.00 bits per heavy atom. The zero-order chi connectivity index (χ0) is 17.7. The number of rotatable bonds is 2. The summed E-state index contributed by atoms with van der Waals surface area (Å²) in [7, 11) is 0. The second-order valence-corrected chi connectivity index (χ2v) is 5.61. The summed E-state index contributed by atoms with van der Waals surface area (Å²) in [5.74, 6) is -0.781. The fraction of sp³-hybridized carbons (Fsp3) is 0.412. The first-order valence-corrected chi connectivity index (χ1v) is 7.68. The molecule has 0 aromatic heterocycles. The molecule has 1 aromatic rings. The highest BCUT2D eigenvalue weighted by molar-refractivity contribution is 5.96. The van der Waals surface area contributed by atoms with E-state index in [2.05, 4.69) is 0 Å². The van der Waals surface area contributed by atoms with E-state index in [0.29, 0.717) is 32.1 Å². The number of nitrogens with zero attached hydrogens (tertiary/aromatic N) is 2. The van der Waals surface area contributed by atoms with Crippen molar-refractivity contribution in [1.82, 2.24) is 9.80 Å². The Hall–Kier alpha value is -2.31. The summed E-state index contributed by atoms with van der Waals surface area (Å²) in [4.78, 5) is 26.6. The summed E-state index contributed by atoms with van der Waals surface area (Å²) in [6.45, 7) is 2.84. The third-order valence-electron chi connectivity index (χ3n) is 3.91. The van der Waals surface area contributed by atoms with Gasteiger partial charge in [-0.2, -0.15) is 13.2 Å². The average Bonchev–Trinajstić information content (AvgIpc) is 2.78. The van der Waals surface area contributed by atoms with Gasteiger partial charge in [0.15, 0.2) is 0 Å². The fourth-order valence-corrected chi connectivity index (χ4v) is 2.61. The highest BCUT2D eigenvalue weighted by Crippen LogP contribution is 2.33. The molecule has 1 aromatic carbocycles. The molecule has 1 fully saturated rings. The first-order valence-electron chi connectivity index (χ1n) is 7.68. The van der Waals surface area contributed by atoms with Gasteiger partial charge in [0.2, 0.25) is 11.8 Å². The SMILES string of the molecule is CC(=O)N1CCCN(C(=O)/C=C(\c2ccccc2)C(F)(F)F)CC1. The maximum Gasteiger partial charge on any atom is 0.417 e. The quantitative estimate of drug-likeness (QED) is 0.777. The van der Waals surface area contributed by atoms with E-state index in [4.69, 9.17) is 0 Å². The highest BCUT2D eigenvalue weighted by Gasteiger charge is 2.35. The van der Waals surface area contributed by atoms with Crippen molar-refractivity contribution >= 4 is 17.4 Å². The molecule has 130 valence electrons. The Morgan fingerprint density at radius 2 is 1.58 bits per heavy atom. The molecule has 4 nitrogen and oxygen atoms in total. The summed E-state index contributed by atoms with van der Waals surface area (Å²) in [6.07, 6.45) is -3.42. The Bertz CT molecular complexity index is 626. The smallest absolute Gasteiger partial charge is 0.341 e. The first-order chi connectivity index (χ1) is 11.3. The van der Waals surface area contributed by atoms with E-state index in [1.54, 1.807) is 11.0 Å². The van der Waals surface area contributed by atoms with Crippen LogP contribution in [0.1, 0.15) is 18.9 Å². The molecule has 2 rings (SSSR count). The molecule has 0 spiro atoms. The predicted molar refractivity (Wildman–Crippen MR) is 83.9 cm³/mol. The molecule has 2 amide bonds. The maximum absolute atomic E-state index is 13.3. The summed E-state index contributed by atoms with van der Waals surface area (Å²) < 4.78 is 39.9. The van der Waals surface area contributed by atoms with Gasteiger partial charge in [0.05, 0.1) is 5.57 Å². The zero-order valence-electron chi connectivity index (χ0n) is 13.3. The van der Waals surface area contributed by atoms with Crippen LogP contribution in [0.15, 0.2) is 36.4 Å². The monoisotopic (exact) mass is 340 g/mol. The second kappa shape index (κ2) is 7.51. The van der Waals surface area contributed by atoms with Crippen molar-refractivity contribution in [3.63, 3.8) is 0 Å². The van der Waals surface area contributed by atoms with Crippen molar-refractivity contribution in [3.8, 4) is 0 Å². The van der Waals surface area contributed by atoms with Crippen LogP contribution in [-0.2, 0) is 9.59 Å². The standard InChI is InChI=1S/C17H19F3N2O2/c1-13(23)21-8-5-9-22(11-10-21)16(24)12-15(17(18,19)20)14-6-3-2-4-7-14/h2-4,6-7,12H,5,8-11H2,1H3/b15-12+. The van der Waals surface area contributed by atoms with Crippen LogP contribution in [0, 0.1) is 0 Å². The number of halogens is 3. The fourth-order valence-electron chi connectivity index (χ4n) is 2.61. The number of benzene rings is 1. The molecular weight excluding hydrogens is 321 g/mol. The molecule has 0 bridgehead atoms. The molecule has 7 heteroatoms. The van der Waals surface area contributed by atoms with E-state index >= 15 is 0 Å². The van der Waals surface area contributed by atoms with Crippen molar-refractivity contribution < 1.29 is 22.8 Å². The van der Waals surface area contributed by atoms with Crippen LogP contribution < -0.4 is 0 Å². The molecule has 0 unspecified atom stereocenters. The van der Waals surface area contributed by atoms with Gasteiger partial charge in [0.25, 0.3) is 0 Å². The van der Waals surface area contributed by atoms with Crippen molar-refractivity contribution in [3.05, 3.63) is 42.0 Å². The molecule has 0 radical (unpaired) electrons. The zero-order valence-corrected chi connectivity index (χ0v) is 13.3. The van der Waals surface area contributed by atoms with Gasteiger partial charge in [-0.3, -0.25) is 9.59 Å². The van der Waals surface area contributed by atoms with Crippen molar-refractivity contribution in [1.29, 1.82) is 0 Å². The van der Waals surface area contributed by atoms with E-state index in [0.717, 1.165) is 0 Å². The van der Waals surface area contributed by atoms with E-state index in [1.165, 1.54) is 36.1 Å². The van der Waals surface area contributed by atoms with Gasteiger partial charge in [0.1, 0.15) is 0 Å². The first kappa shape index (κ1) is 18.0. The second-order valence-electron chi connectivity index (χ2n) is 5.61. The molecule has 24 heavy (non-hydrogen) atoms. The van der Waals surface area contributed by atoms with Gasteiger partial charge in [-0.25, -0.2) is 0 Å². The van der Waals surface area contributed by atoms with Gasteiger partial charge < -0.3 is 9.80 Å². The highest BCUT2D eigenvalue weighted by atomic mass is 19.4. The lowest BCUT2D eigenvalue weighted by Crippen LogP contribution is -2.36. The lowest BCUT2D eigenvalue weighted by Gasteiger charge is -2.21. The van der Waals surface area contributed by atoms with Crippen molar-refractivity contribution in [2.75, 3.05) is 26.2 Å². The van der Waals surface area contributed by atoms with Crippen LogP contribution in [0.4, 0.5) is 13.2 Å². The van der Waals surface area contributed by atoms with Gasteiger partial charge in [-0.1, -0.05) is 30.3 Å². The normalized spacial score (nSPS) is 16.8. The molecule has 1 heterocycles. The molecule has 1 aliphatic rings. The minimum Gasteiger partial charge on any atom is -0.341 e. The predicted octanol–water partition coefficient (Wildman–Crippen LogP) is 2.71. The van der Waals surface area contributed by atoms with E-state index in [1.807, 2.05) is 0 Å². The molecule has 0 saturated carbocycles. The lowest BCUT2D eigenvalue weighted by atomic mass is 10.0. The topological polar surface area (TPSA) is 40.6 Å². The number of allylic oxidation sites excluding steroid dienone is 1. The molecular formula is C17H19F3N2O2. The summed E-state index contributed by atoms with van der Waals surface area (Å²) >= 11 is 0. The van der Waals surface area contributed by atoms with Gasteiger partial charge in [-0.15, -0.1) is 0 Å². The Morgan fingerprint density at radius 3 is 2.17 bits per heavy atom. The molecule has 0 atom stereocenters. The van der Waals surface area contributed by atoms with Crippen LogP contribution in [0.2, 0.25) is 0 Å². The van der Waals surface area contributed by atoms with E-state index in [9.17, 15) is 22.8 Å². The molecule has 1 aliphatic heterocycles. The van der Waals surface area contributed by atoms with Crippen LogP contribution in [0.3, 0.4) is 0 Å². The molecule has 0 N–H and O–H groups in total. The van der Waals surface area contributed by atoms with E-state index < -0.39 is 17.7 Å². The number of amides is 2. The van der Waals surface area contributed by atoms with Crippen LogP contribution >= 0.6 is 0 Å². The Balaban J connectivity index is 2.20. The minimum absolute atomic E-state index is 0.0430. The maximum atomic E-state index is 13.3. The Kier molecular flexibility index (Phi) is 5.64. The number of alkyl halides is 3. The van der Waals surface area contributed by atoms with Crippen LogP contribution in [0.5, 0.6) is 0 Å². The number of hydrogen-bond donors (Lipinski definition) is 0. The minimum atomic E-state index is -4.62. The van der Waals surface area contributed by atoms with Crippen LogP contribution in [0.25, 0.3) is 5.57 Å². The van der Waals surface area contributed by atoms with Gasteiger partial charge in [-0.05, 0) is 12.0 Å². The number of carbonyl (C=O) groups excluding carboxylic acids is 2. The summed E-state index contributed by atoms with van der Waals surface area (Å²) in [5.41, 5.74) is -1.00. The third-order valence-corrected chi connectivity index (χ3v) is 3.91. The van der Waals surface area contributed by atoms with Crippen molar-refractivity contribution in [2.24, 2.45) is 0 Å². The van der Waals surface area contributed by atoms with Crippen LogP contribution in [-0.4, -0.2) is 54.0 Å². The number of hydrogen-bond acceptors (Lipinski definition) is 2. The van der Waals surface area contributed by atoms with Crippen molar-refractivity contribution in [2.45, 2.75) is 19.5 Å². The van der Waals surface area contributed by atoms with E-state index in [-0.39, 0.29) is 18.0 Å². The summed E-state index contributed by atoms with van der Waals surface area (Å²) in [5, 5.41) is 0. The largest absolute Gasteiger partial charge is 0.417 e. The Labute approximate surface area is 138 Å². The molecule has 0 aliphatic carbocycles. The number of carbonyl (C=O) groups is 2. The molecule has 1 saturated heterocycles. The van der Waals surface area contributed by atoms with Gasteiger partial charge in [0, 0.05) is 39.2 Å². The lowest BCUT2D eigenvalue weighted by molar-refractivity contribution is -0.130. The van der Waals surface area contributed by atoms with Gasteiger partial charge >= 0.3 is 6.18 Å². The summed E-state index contributed by atoms with van der Waals surface area (Å²) in [6, 6.07) is 7.26. The average molecular weight is 340 g/mol.